The largest absolute Gasteiger partial charge is 0.505 e. The molecule has 1 heterocycles. The van der Waals surface area contributed by atoms with E-state index in [-0.39, 0.29) is 34.4 Å². The number of phenols is 1. The smallest absolute Gasteiger partial charge is 0.257 e. The Morgan fingerprint density at radius 1 is 1.12 bits per heavy atom. The molecule has 0 bridgehead atoms. The molecule has 1 atom stereocenters. The third-order valence-electron chi connectivity index (χ3n) is 5.08. The van der Waals surface area contributed by atoms with Gasteiger partial charge in [-0.15, -0.1) is 0 Å². The SMILES string of the molecule is CCC(N/C(C=O)=C(/C=O)Nc1cccc(C(=O)N(C)C)c1O)c1ccc2occc2c1. The Morgan fingerprint density at radius 3 is 2.53 bits per heavy atom. The van der Waals surface area contributed by atoms with Crippen molar-refractivity contribution in [1.29, 1.82) is 0 Å². The number of fused-ring (bicyclic) bond motifs is 1. The molecule has 8 heteroatoms. The highest BCUT2D eigenvalue weighted by atomic mass is 16.3. The Bertz CT molecular complexity index is 1180. The zero-order valence-corrected chi connectivity index (χ0v) is 18.1. The van der Waals surface area contributed by atoms with Gasteiger partial charge in [-0.2, -0.15) is 0 Å². The molecule has 0 spiro atoms. The van der Waals surface area contributed by atoms with Crippen LogP contribution in [-0.4, -0.2) is 42.6 Å². The highest BCUT2D eigenvalue weighted by Gasteiger charge is 2.19. The van der Waals surface area contributed by atoms with Crippen molar-refractivity contribution in [2.45, 2.75) is 19.4 Å². The van der Waals surface area contributed by atoms with Crippen molar-refractivity contribution < 1.29 is 23.9 Å². The molecule has 3 N–H and O–H groups in total. The number of nitrogens with zero attached hydrogens (tertiary/aromatic N) is 1. The summed E-state index contributed by atoms with van der Waals surface area (Å²) in [6.07, 6.45) is 3.28. The van der Waals surface area contributed by atoms with Crippen LogP contribution >= 0.6 is 0 Å². The number of allylic oxidation sites excluding steroid dienone is 2. The summed E-state index contributed by atoms with van der Waals surface area (Å²) in [5, 5.41) is 17.3. The van der Waals surface area contributed by atoms with Crippen LogP contribution in [0.25, 0.3) is 11.0 Å². The average Bonchev–Trinajstić information content (AvgIpc) is 3.27. The normalized spacial score (nSPS) is 12.6. The number of para-hydroxylation sites is 1. The van der Waals surface area contributed by atoms with Crippen LogP contribution < -0.4 is 10.6 Å². The molecule has 0 aliphatic rings. The van der Waals surface area contributed by atoms with E-state index in [9.17, 15) is 19.5 Å². The molecule has 0 saturated carbocycles. The first kappa shape index (κ1) is 22.6. The number of aldehydes is 2. The maximum absolute atomic E-state index is 12.3. The first-order valence-electron chi connectivity index (χ1n) is 10.1. The second-order valence-corrected chi connectivity index (χ2v) is 7.41. The fourth-order valence-corrected chi connectivity index (χ4v) is 3.35. The zero-order chi connectivity index (χ0) is 23.3. The summed E-state index contributed by atoms with van der Waals surface area (Å²) in [5.41, 5.74) is 1.86. The number of rotatable bonds is 9. The lowest BCUT2D eigenvalue weighted by molar-refractivity contribution is -0.107. The van der Waals surface area contributed by atoms with E-state index in [2.05, 4.69) is 10.6 Å². The lowest BCUT2D eigenvalue weighted by atomic mass is 10.0. The van der Waals surface area contributed by atoms with Gasteiger partial charge < -0.3 is 25.1 Å². The first-order valence-corrected chi connectivity index (χ1v) is 10.1. The quantitative estimate of drug-likeness (QED) is 0.267. The van der Waals surface area contributed by atoms with Gasteiger partial charge in [-0.3, -0.25) is 14.4 Å². The van der Waals surface area contributed by atoms with Gasteiger partial charge in [0.2, 0.25) is 0 Å². The fourth-order valence-electron chi connectivity index (χ4n) is 3.35. The molecule has 0 fully saturated rings. The number of carbonyl (C=O) groups excluding carboxylic acids is 3. The number of hydrogen-bond donors (Lipinski definition) is 3. The molecule has 166 valence electrons. The van der Waals surface area contributed by atoms with Crippen LogP contribution in [0.3, 0.4) is 0 Å². The molecule has 1 amide bonds. The van der Waals surface area contributed by atoms with E-state index in [4.69, 9.17) is 4.42 Å². The van der Waals surface area contributed by atoms with Crippen molar-refractivity contribution in [1.82, 2.24) is 10.2 Å². The summed E-state index contributed by atoms with van der Waals surface area (Å²) >= 11 is 0. The molecule has 1 aromatic heterocycles. The van der Waals surface area contributed by atoms with Crippen LogP contribution in [0.15, 0.2) is 64.5 Å². The van der Waals surface area contributed by atoms with E-state index in [1.807, 2.05) is 31.2 Å². The van der Waals surface area contributed by atoms with Gasteiger partial charge >= 0.3 is 0 Å². The Hall–Kier alpha value is -4.07. The van der Waals surface area contributed by atoms with Gasteiger partial charge in [0, 0.05) is 19.5 Å². The highest BCUT2D eigenvalue weighted by Crippen LogP contribution is 2.30. The van der Waals surface area contributed by atoms with E-state index in [1.54, 1.807) is 26.4 Å². The fraction of sp³-hybridized carbons (Fsp3) is 0.208. The molecule has 0 saturated heterocycles. The van der Waals surface area contributed by atoms with E-state index in [1.165, 1.54) is 17.0 Å². The predicted octanol–water partition coefficient (Wildman–Crippen LogP) is 3.60. The minimum absolute atomic E-state index is 0.0304. The van der Waals surface area contributed by atoms with E-state index in [0.717, 1.165) is 16.5 Å². The third-order valence-corrected chi connectivity index (χ3v) is 5.08. The highest BCUT2D eigenvalue weighted by molar-refractivity contribution is 5.99. The number of nitrogens with one attached hydrogen (secondary N) is 2. The summed E-state index contributed by atoms with van der Waals surface area (Å²) in [6, 6.07) is 11.9. The number of hydrogen-bond acceptors (Lipinski definition) is 7. The number of phenolic OH excluding ortho intramolecular Hbond substituents is 1. The van der Waals surface area contributed by atoms with Crippen LogP contribution in [0.4, 0.5) is 5.69 Å². The number of anilines is 1. The summed E-state index contributed by atoms with van der Waals surface area (Å²) in [7, 11) is 3.14. The summed E-state index contributed by atoms with van der Waals surface area (Å²) < 4.78 is 5.37. The summed E-state index contributed by atoms with van der Waals surface area (Å²) in [4.78, 5) is 37.2. The molecule has 32 heavy (non-hydrogen) atoms. The van der Waals surface area contributed by atoms with Gasteiger partial charge in [0.05, 0.1) is 23.6 Å². The number of furan rings is 1. The van der Waals surface area contributed by atoms with Gasteiger partial charge in [0.15, 0.2) is 18.3 Å². The van der Waals surface area contributed by atoms with Crippen LogP contribution in [0.5, 0.6) is 5.75 Å². The number of benzene rings is 2. The van der Waals surface area contributed by atoms with Gasteiger partial charge in [-0.05, 0) is 42.3 Å². The van der Waals surface area contributed by atoms with Gasteiger partial charge in [-0.25, -0.2) is 0 Å². The number of aromatic hydroxyl groups is 1. The lowest BCUT2D eigenvalue weighted by Gasteiger charge is -2.21. The predicted molar refractivity (Wildman–Crippen MR) is 121 cm³/mol. The van der Waals surface area contributed by atoms with Crippen molar-refractivity contribution in [3.8, 4) is 5.75 Å². The van der Waals surface area contributed by atoms with Gasteiger partial charge in [-0.1, -0.05) is 19.1 Å². The molecule has 2 aromatic carbocycles. The van der Waals surface area contributed by atoms with Crippen molar-refractivity contribution in [3.63, 3.8) is 0 Å². The summed E-state index contributed by atoms with van der Waals surface area (Å²) in [6.45, 7) is 1.95. The van der Waals surface area contributed by atoms with Crippen molar-refractivity contribution in [2.24, 2.45) is 0 Å². The third kappa shape index (κ3) is 4.64. The van der Waals surface area contributed by atoms with Crippen LogP contribution in [0.1, 0.15) is 35.3 Å². The molecule has 3 aromatic rings. The Balaban J connectivity index is 1.92. The van der Waals surface area contributed by atoms with E-state index >= 15 is 0 Å². The second kappa shape index (κ2) is 9.82. The van der Waals surface area contributed by atoms with E-state index < -0.39 is 5.91 Å². The molecular formula is C24H25N3O5. The van der Waals surface area contributed by atoms with Crippen molar-refractivity contribution >= 4 is 35.1 Å². The number of amides is 1. The van der Waals surface area contributed by atoms with Crippen LogP contribution in [0, 0.1) is 0 Å². The molecule has 0 aliphatic heterocycles. The monoisotopic (exact) mass is 435 g/mol. The maximum Gasteiger partial charge on any atom is 0.257 e. The maximum atomic E-state index is 12.3. The zero-order valence-electron chi connectivity index (χ0n) is 18.1. The van der Waals surface area contributed by atoms with Crippen molar-refractivity contribution in [2.75, 3.05) is 19.4 Å². The molecule has 3 rings (SSSR count). The topological polar surface area (TPSA) is 112 Å². The lowest BCUT2D eigenvalue weighted by Crippen LogP contribution is -2.25. The molecule has 0 radical (unpaired) electrons. The average molecular weight is 435 g/mol. The molecule has 8 nitrogen and oxygen atoms in total. The van der Waals surface area contributed by atoms with Gasteiger partial charge in [0.25, 0.3) is 5.91 Å². The molecule has 1 unspecified atom stereocenters. The minimum atomic E-state index is -0.391. The standard InChI is InChI=1S/C24H25N3O5/c1-4-18(15-8-9-22-16(12-15)10-11-32-22)25-20(13-28)21(14-29)26-19-7-5-6-17(23(19)30)24(31)27(2)3/h5-14,18,25-26,30H,4H2,1-3H3/b21-20-. The summed E-state index contributed by atoms with van der Waals surface area (Å²) in [5.74, 6) is -0.703. The van der Waals surface area contributed by atoms with Gasteiger partial charge in [0.1, 0.15) is 17.0 Å². The van der Waals surface area contributed by atoms with Crippen LogP contribution in [0.2, 0.25) is 0 Å². The number of carbonyl (C=O) groups is 3. The second-order valence-electron chi connectivity index (χ2n) is 7.41. The van der Waals surface area contributed by atoms with Crippen LogP contribution in [-0.2, 0) is 9.59 Å². The Morgan fingerprint density at radius 2 is 1.88 bits per heavy atom. The molecular weight excluding hydrogens is 410 g/mol. The van der Waals surface area contributed by atoms with E-state index in [0.29, 0.717) is 19.0 Å². The Kier molecular flexibility index (Phi) is 6.94. The minimum Gasteiger partial charge on any atom is -0.505 e. The first-order chi connectivity index (χ1) is 15.4. The molecule has 0 aliphatic carbocycles. The Labute approximate surface area is 185 Å². The van der Waals surface area contributed by atoms with Crippen molar-refractivity contribution in [3.05, 3.63) is 71.2 Å².